The molecule has 3 atom stereocenters. The first-order chi connectivity index (χ1) is 57.8. The van der Waals surface area contributed by atoms with E-state index in [1.807, 2.05) is 75.3 Å². The molecule has 3 aliphatic rings. The van der Waals surface area contributed by atoms with E-state index in [0.29, 0.717) is 96.5 Å². The van der Waals surface area contributed by atoms with Crippen LogP contribution in [0.2, 0.25) is 0 Å². The zero-order valence-electron chi connectivity index (χ0n) is 69.3. The smallest absolute Gasteiger partial charge is 0.254 e. The molecule has 8 aromatic carbocycles. The Morgan fingerprint density at radius 3 is 1.97 bits per heavy atom. The predicted molar refractivity (Wildman–Crippen MR) is 466 cm³/mol. The zero-order valence-corrected chi connectivity index (χ0v) is 70.9. The Kier molecular flexibility index (Phi) is 29.0. The molecule has 2 aliphatic heterocycles. The van der Waals surface area contributed by atoms with Crippen molar-refractivity contribution in [3.8, 4) is 28.2 Å². The SMILES string of the molecule is CCN(CC)c1ccc2c(-c3ccccc3C(=O)N3CCN(C(=O)CCC(=O)NCCCCCC(=O)N[C@@H](Cc4ccc(C(=O)c5ccccc5)cc4)C(=O)NCc4cn([C@@H](Cc5ccc(O)cc5)C(O)CN(CC(C)C)S(=O)(=O)c5ccc(S(=O)(=O)c6cccc7c(N(C)C)cccc67)cc5)nn4)CC3)c3ccc(=[N+](CC)CC)cc-3oc2c1. The van der Waals surface area contributed by atoms with Crippen LogP contribution in [0, 0.1) is 5.92 Å². The third-order valence-corrected chi connectivity index (χ3v) is 25.8. The van der Waals surface area contributed by atoms with E-state index >= 15 is 0 Å². The molecular formula is C93H107N12O13S2+. The number of unbranched alkanes of at least 4 members (excludes halogenated alkanes) is 2. The van der Waals surface area contributed by atoms with Gasteiger partial charge in [0.15, 0.2) is 5.78 Å². The number of sulfone groups is 1. The lowest BCUT2D eigenvalue weighted by Gasteiger charge is -2.35. The summed E-state index contributed by atoms with van der Waals surface area (Å²) in [6.45, 7) is 16.4. The van der Waals surface area contributed by atoms with E-state index in [1.54, 1.807) is 88.7 Å². The molecule has 5 amide bonds. The molecule has 0 spiro atoms. The molecule has 0 saturated carbocycles. The van der Waals surface area contributed by atoms with Gasteiger partial charge in [0.25, 0.3) is 5.91 Å². The maximum absolute atomic E-state index is 14.8. The Balaban J connectivity index is 0.646. The number of aromatic nitrogens is 3. The van der Waals surface area contributed by atoms with E-state index in [9.17, 15) is 55.8 Å². The number of fused-ring (bicyclic) bond motifs is 3. The van der Waals surface area contributed by atoms with Crippen molar-refractivity contribution in [3.05, 3.63) is 245 Å². The number of hydrogen-bond donors (Lipinski definition) is 5. The lowest BCUT2D eigenvalue weighted by molar-refractivity contribution is -0.134. The van der Waals surface area contributed by atoms with E-state index < -0.39 is 56.4 Å². The third kappa shape index (κ3) is 20.8. The average molecular weight is 1670 g/mol. The second-order valence-electron chi connectivity index (χ2n) is 30.9. The Hall–Kier alpha value is -11.9. The van der Waals surface area contributed by atoms with Gasteiger partial charge in [0, 0.05) is 166 Å². The van der Waals surface area contributed by atoms with Gasteiger partial charge in [0.05, 0.1) is 45.6 Å². The predicted octanol–water partition coefficient (Wildman–Crippen LogP) is 11.7. The molecule has 12 rings (SSSR count). The molecule has 1 saturated heterocycles. The van der Waals surface area contributed by atoms with Gasteiger partial charge in [0.2, 0.25) is 48.8 Å². The van der Waals surface area contributed by atoms with Crippen LogP contribution in [0.15, 0.2) is 225 Å². The first kappa shape index (κ1) is 87.4. The van der Waals surface area contributed by atoms with Crippen molar-refractivity contribution in [2.24, 2.45) is 5.92 Å². The number of carbonyl (C=O) groups is 6. The van der Waals surface area contributed by atoms with Crippen LogP contribution in [0.25, 0.3) is 44.2 Å². The minimum absolute atomic E-state index is 0.00272. The highest BCUT2D eigenvalue weighted by atomic mass is 32.2. The number of piperazine rings is 1. The second-order valence-corrected chi connectivity index (χ2v) is 34.8. The minimum atomic E-state index is -4.41. The van der Waals surface area contributed by atoms with Gasteiger partial charge < -0.3 is 50.2 Å². The number of aliphatic hydroxyl groups excluding tert-OH is 1. The number of amides is 5. The van der Waals surface area contributed by atoms with Crippen molar-refractivity contribution in [2.45, 2.75) is 132 Å². The van der Waals surface area contributed by atoms with Crippen LogP contribution in [-0.2, 0) is 58.4 Å². The number of hydrogen-bond acceptors (Lipinski definition) is 17. The van der Waals surface area contributed by atoms with Crippen molar-refractivity contribution < 1.29 is 60.2 Å². The third-order valence-electron chi connectivity index (χ3n) is 22.1. The Morgan fingerprint density at radius 2 is 1.27 bits per heavy atom. The summed E-state index contributed by atoms with van der Waals surface area (Å²) in [6, 6.07) is 55.5. The van der Waals surface area contributed by atoms with E-state index in [1.165, 1.54) is 53.3 Å². The first-order valence-electron chi connectivity index (χ1n) is 41.2. The number of phenolic OH excluding ortho intramolecular Hbond substituents is 1. The molecule has 27 heteroatoms. The highest BCUT2D eigenvalue weighted by Crippen LogP contribution is 2.43. The number of nitrogens with zero attached hydrogens (tertiary/aromatic N) is 9. The molecule has 120 heavy (non-hydrogen) atoms. The number of aliphatic hydroxyl groups is 1. The van der Waals surface area contributed by atoms with Crippen molar-refractivity contribution >= 4 is 88.3 Å². The molecule has 1 fully saturated rings. The highest BCUT2D eigenvalue weighted by Gasteiger charge is 2.35. The standard InChI is InChI=1S/C93H106N12O13S2/c1-9-100(10-2)69-38-46-78-84(57-69)118-85-58-70(101(11-3)12-4)39-47-79(85)90(78)76-25-18-19-26-77(76)93(113)103-53-51-102(52-54-103)89(110)49-48-87(108)94-50-20-14-17-31-88(109)96-80(55-64-32-36-67(37-33-64)91(111)66-23-15-13-16-24-66)92(112)95-59-68-61-105(98-97-68)82(56-65-34-40-71(106)41-35-65)83(107)62-104(60-63(5)6)120(116,117)73-44-42-72(43-45-73)119(114,115)86-30-22-27-74-75(86)28-21-29-81(74)99(7)8/h13,15-16,18-19,21-30,32-47,57-58,61,63,80,82-83,107H,9-12,14,17,20,31,48-56,59-60,62H2,1-8H3,(H3-,94,95,96,106,108,109,112)/p+1/t80-,82-,83?/m0/s1. The molecule has 0 bridgehead atoms. The van der Waals surface area contributed by atoms with E-state index in [4.69, 9.17) is 4.42 Å². The average Bonchev–Trinajstić information content (AvgIpc) is 0.816. The minimum Gasteiger partial charge on any atom is -0.508 e. The number of rotatable bonds is 37. The van der Waals surface area contributed by atoms with Gasteiger partial charge in [-0.05, 0) is 142 Å². The molecule has 3 heterocycles. The second kappa shape index (κ2) is 39.8. The molecule has 628 valence electrons. The van der Waals surface area contributed by atoms with Gasteiger partial charge in [-0.25, -0.2) is 26.1 Å². The number of aromatic hydroxyl groups is 1. The summed E-state index contributed by atoms with van der Waals surface area (Å²) in [5, 5.41) is 43.2. The fourth-order valence-corrected chi connectivity index (χ4v) is 18.7. The van der Waals surface area contributed by atoms with Crippen LogP contribution in [0.4, 0.5) is 11.4 Å². The summed E-state index contributed by atoms with van der Waals surface area (Å²) in [4.78, 5) is 90.6. The molecule has 25 nitrogen and oxygen atoms in total. The number of carbonyl (C=O) groups excluding carboxylic acids is 6. The molecule has 5 N–H and O–H groups in total. The van der Waals surface area contributed by atoms with Crippen molar-refractivity contribution in [3.63, 3.8) is 0 Å². The summed E-state index contributed by atoms with van der Waals surface area (Å²) < 4.78 is 69.7. The summed E-state index contributed by atoms with van der Waals surface area (Å²) in [6.07, 6.45) is 1.70. The summed E-state index contributed by atoms with van der Waals surface area (Å²) in [5.74, 6) is -1.28. The number of ketones is 1. The molecule has 1 aliphatic carbocycles. The topological polar surface area (TPSA) is 310 Å². The highest BCUT2D eigenvalue weighted by molar-refractivity contribution is 7.91. The molecule has 1 unspecified atom stereocenters. The Bertz CT molecular complexity index is 5740. The Labute approximate surface area is 701 Å². The summed E-state index contributed by atoms with van der Waals surface area (Å²) in [5.41, 5.74) is 8.22. The van der Waals surface area contributed by atoms with E-state index in [0.717, 1.165) is 74.7 Å². The first-order valence-corrected chi connectivity index (χ1v) is 44.1. The fourth-order valence-electron chi connectivity index (χ4n) is 15.6. The summed E-state index contributed by atoms with van der Waals surface area (Å²) in [7, 11) is -4.81. The van der Waals surface area contributed by atoms with Gasteiger partial charge in [-0.3, -0.25) is 28.8 Å². The fraction of sp³-hybridized carbons (Fsp3) is 0.344. The lowest BCUT2D eigenvalue weighted by atomic mass is 9.90. The number of phenols is 1. The van der Waals surface area contributed by atoms with Gasteiger partial charge >= 0.3 is 0 Å². The van der Waals surface area contributed by atoms with Crippen LogP contribution in [0.1, 0.15) is 129 Å². The number of sulfonamides is 1. The molecule has 0 radical (unpaired) electrons. The van der Waals surface area contributed by atoms with Crippen molar-refractivity contribution in [1.29, 1.82) is 0 Å². The largest absolute Gasteiger partial charge is 0.508 e. The number of nitrogens with one attached hydrogen (secondary N) is 3. The van der Waals surface area contributed by atoms with Crippen LogP contribution in [-0.4, -0.2) is 190 Å². The van der Waals surface area contributed by atoms with Crippen molar-refractivity contribution in [2.75, 3.05) is 95.9 Å². The van der Waals surface area contributed by atoms with E-state index in [2.05, 4.69) is 99.8 Å². The quantitative estimate of drug-likeness (QED) is 0.0105. The molecule has 1 aromatic heterocycles. The van der Waals surface area contributed by atoms with Gasteiger partial charge in [-0.15, -0.1) is 5.10 Å². The van der Waals surface area contributed by atoms with Gasteiger partial charge in [0.1, 0.15) is 41.9 Å². The maximum atomic E-state index is 14.8. The number of benzene rings is 9. The van der Waals surface area contributed by atoms with Crippen molar-refractivity contribution in [1.82, 2.24) is 49.6 Å². The van der Waals surface area contributed by atoms with Gasteiger partial charge in [-0.1, -0.05) is 135 Å². The maximum Gasteiger partial charge on any atom is 0.254 e. The monoisotopic (exact) mass is 1660 g/mol. The molecule has 9 aromatic rings. The van der Waals surface area contributed by atoms with Crippen LogP contribution >= 0.6 is 0 Å². The van der Waals surface area contributed by atoms with Gasteiger partial charge in [-0.2, -0.15) is 4.31 Å². The lowest BCUT2D eigenvalue weighted by Crippen LogP contribution is -2.50. The van der Waals surface area contributed by atoms with Crippen LogP contribution in [0.3, 0.4) is 0 Å². The van der Waals surface area contributed by atoms with Crippen LogP contribution in [0.5, 0.6) is 5.75 Å². The summed E-state index contributed by atoms with van der Waals surface area (Å²) >= 11 is 0. The molecular weight excluding hydrogens is 1560 g/mol. The van der Waals surface area contributed by atoms with E-state index in [-0.39, 0.29) is 101 Å². The normalized spacial score (nSPS) is 13.3. The number of anilines is 2. The Morgan fingerprint density at radius 1 is 0.608 bits per heavy atom. The zero-order chi connectivity index (χ0) is 85.4. The van der Waals surface area contributed by atoms with Crippen LogP contribution < -0.4 is 35.7 Å².